The van der Waals surface area contributed by atoms with E-state index in [0.717, 1.165) is 5.69 Å². The third kappa shape index (κ3) is 2.74. The van der Waals surface area contributed by atoms with Gasteiger partial charge in [-0.05, 0) is 19.9 Å². The average molecular weight is 247 g/mol. The highest BCUT2D eigenvalue weighted by Gasteiger charge is 2.17. The van der Waals surface area contributed by atoms with Gasteiger partial charge in [-0.3, -0.25) is 4.79 Å². The van der Waals surface area contributed by atoms with E-state index in [2.05, 4.69) is 16.7 Å². The van der Waals surface area contributed by atoms with Crippen LogP contribution in [0.1, 0.15) is 13.8 Å². The Balaban J connectivity index is 2.18. The number of anilines is 3. The molecule has 5 nitrogen and oxygen atoms in total. The van der Waals surface area contributed by atoms with E-state index in [1.54, 1.807) is 12.1 Å². The van der Waals surface area contributed by atoms with Crippen LogP contribution in [0.15, 0.2) is 23.8 Å². The van der Waals surface area contributed by atoms with Crippen LogP contribution in [0, 0.1) is 0 Å². The molecule has 0 radical (unpaired) electrons. The predicted molar refractivity (Wildman–Crippen MR) is 72.9 cm³/mol. The molecule has 0 aromatic heterocycles. The first-order valence-electron chi connectivity index (χ1n) is 5.79. The molecule has 1 aromatic carbocycles. The molecule has 1 amide bonds. The van der Waals surface area contributed by atoms with E-state index in [9.17, 15) is 4.79 Å². The average Bonchev–Trinajstić information content (AvgIpc) is 2.30. The summed E-state index contributed by atoms with van der Waals surface area (Å²) < 4.78 is 5.28. The second kappa shape index (κ2) is 5.00. The zero-order valence-corrected chi connectivity index (χ0v) is 10.5. The maximum absolute atomic E-state index is 11.2. The molecule has 5 heteroatoms. The van der Waals surface area contributed by atoms with Gasteiger partial charge in [0.05, 0.1) is 17.1 Å². The standard InChI is InChI=1S/C13H17N3O2/c1-8(2)3-4-15-10-6-11-12(5-9(10)14)18-7-13(17)16-11/h3,5-6,15H,4,7,14H2,1-2H3,(H,16,17). The van der Waals surface area contributed by atoms with E-state index >= 15 is 0 Å². The molecule has 0 atom stereocenters. The van der Waals surface area contributed by atoms with Gasteiger partial charge in [-0.2, -0.15) is 0 Å². The summed E-state index contributed by atoms with van der Waals surface area (Å²) in [5.41, 5.74) is 9.20. The van der Waals surface area contributed by atoms with Crippen molar-refractivity contribution in [3.63, 3.8) is 0 Å². The molecule has 18 heavy (non-hydrogen) atoms. The minimum atomic E-state index is -0.150. The van der Waals surface area contributed by atoms with Crippen LogP contribution < -0.4 is 21.1 Å². The van der Waals surface area contributed by atoms with Gasteiger partial charge >= 0.3 is 0 Å². The SMILES string of the molecule is CC(C)=CCNc1cc2c(cc1N)OCC(=O)N2. The highest BCUT2D eigenvalue weighted by molar-refractivity contribution is 5.97. The van der Waals surface area contributed by atoms with E-state index < -0.39 is 0 Å². The summed E-state index contributed by atoms with van der Waals surface area (Å²) in [5.74, 6) is 0.461. The van der Waals surface area contributed by atoms with E-state index in [1.165, 1.54) is 5.57 Å². The number of amides is 1. The Labute approximate surface area is 106 Å². The normalized spacial score (nSPS) is 13.1. The van der Waals surface area contributed by atoms with Gasteiger partial charge in [-0.1, -0.05) is 11.6 Å². The van der Waals surface area contributed by atoms with Crippen LogP contribution in [0.3, 0.4) is 0 Å². The summed E-state index contributed by atoms with van der Waals surface area (Å²) in [6, 6.07) is 3.51. The molecule has 0 saturated heterocycles. The first-order chi connectivity index (χ1) is 8.56. The van der Waals surface area contributed by atoms with Crippen molar-refractivity contribution < 1.29 is 9.53 Å². The number of fused-ring (bicyclic) bond motifs is 1. The Morgan fingerprint density at radius 2 is 2.33 bits per heavy atom. The molecule has 0 saturated carbocycles. The van der Waals surface area contributed by atoms with Crippen molar-refractivity contribution in [1.82, 2.24) is 0 Å². The van der Waals surface area contributed by atoms with Crippen molar-refractivity contribution in [2.75, 3.05) is 29.5 Å². The van der Waals surface area contributed by atoms with Crippen LogP contribution in [0.4, 0.5) is 17.1 Å². The molecule has 2 rings (SSSR count). The number of hydrogen-bond donors (Lipinski definition) is 3. The fourth-order valence-electron chi connectivity index (χ4n) is 1.66. The predicted octanol–water partition coefficient (Wildman–Crippen LogP) is 1.98. The Hall–Kier alpha value is -2.17. The molecule has 0 unspecified atom stereocenters. The summed E-state index contributed by atoms with van der Waals surface area (Å²) in [6.07, 6.45) is 2.06. The monoisotopic (exact) mass is 247 g/mol. The molecule has 0 aliphatic carbocycles. The molecule has 0 fully saturated rings. The maximum atomic E-state index is 11.2. The minimum absolute atomic E-state index is 0.0387. The number of carbonyl (C=O) groups excluding carboxylic acids is 1. The molecule has 0 spiro atoms. The minimum Gasteiger partial charge on any atom is -0.482 e. The van der Waals surface area contributed by atoms with E-state index in [1.807, 2.05) is 13.8 Å². The van der Waals surface area contributed by atoms with Crippen molar-refractivity contribution in [3.8, 4) is 5.75 Å². The lowest BCUT2D eigenvalue weighted by atomic mass is 10.2. The lowest BCUT2D eigenvalue weighted by Gasteiger charge is -2.20. The molecule has 4 N–H and O–H groups in total. The van der Waals surface area contributed by atoms with Crippen LogP contribution in [-0.4, -0.2) is 19.1 Å². The van der Waals surface area contributed by atoms with Gasteiger partial charge < -0.3 is 21.1 Å². The Morgan fingerprint density at radius 1 is 1.56 bits per heavy atom. The zero-order valence-electron chi connectivity index (χ0n) is 10.5. The first kappa shape index (κ1) is 12.3. The molecule has 1 aliphatic rings. The summed E-state index contributed by atoms with van der Waals surface area (Å²) in [6.45, 7) is 4.80. The summed E-state index contributed by atoms with van der Waals surface area (Å²) in [5, 5.41) is 5.95. The largest absolute Gasteiger partial charge is 0.482 e. The second-order valence-corrected chi connectivity index (χ2v) is 4.43. The molecule has 1 aromatic rings. The van der Waals surface area contributed by atoms with Crippen LogP contribution in [0.5, 0.6) is 5.75 Å². The van der Waals surface area contributed by atoms with E-state index in [4.69, 9.17) is 10.5 Å². The number of hydrogen-bond acceptors (Lipinski definition) is 4. The van der Waals surface area contributed by atoms with Crippen LogP contribution in [0.2, 0.25) is 0 Å². The van der Waals surface area contributed by atoms with Gasteiger partial charge in [-0.25, -0.2) is 0 Å². The third-order valence-electron chi connectivity index (χ3n) is 2.59. The van der Waals surface area contributed by atoms with Gasteiger partial charge in [0.2, 0.25) is 0 Å². The molecular formula is C13H17N3O2. The molecule has 1 aliphatic heterocycles. The Kier molecular flexibility index (Phi) is 3.41. The number of nitrogen functional groups attached to an aromatic ring is 1. The van der Waals surface area contributed by atoms with E-state index in [0.29, 0.717) is 23.7 Å². The molecular weight excluding hydrogens is 230 g/mol. The molecule has 1 heterocycles. The second-order valence-electron chi connectivity index (χ2n) is 4.43. The Morgan fingerprint density at radius 3 is 3.06 bits per heavy atom. The number of nitrogens with one attached hydrogen (secondary N) is 2. The van der Waals surface area contributed by atoms with Gasteiger partial charge in [0.25, 0.3) is 5.91 Å². The number of carbonyl (C=O) groups is 1. The van der Waals surface area contributed by atoms with Gasteiger partial charge in [0, 0.05) is 12.6 Å². The van der Waals surface area contributed by atoms with Crippen molar-refractivity contribution in [3.05, 3.63) is 23.8 Å². The lowest BCUT2D eigenvalue weighted by Crippen LogP contribution is -2.25. The number of allylic oxidation sites excluding steroid dienone is 1. The zero-order chi connectivity index (χ0) is 13.1. The van der Waals surface area contributed by atoms with Crippen molar-refractivity contribution in [2.45, 2.75) is 13.8 Å². The van der Waals surface area contributed by atoms with Gasteiger partial charge in [-0.15, -0.1) is 0 Å². The lowest BCUT2D eigenvalue weighted by molar-refractivity contribution is -0.118. The number of benzene rings is 1. The van der Waals surface area contributed by atoms with Crippen molar-refractivity contribution in [2.24, 2.45) is 0 Å². The fraction of sp³-hybridized carbons (Fsp3) is 0.308. The number of rotatable bonds is 3. The number of nitrogens with two attached hydrogens (primary N) is 1. The molecule has 0 bridgehead atoms. The van der Waals surface area contributed by atoms with Crippen molar-refractivity contribution >= 4 is 23.0 Å². The smallest absolute Gasteiger partial charge is 0.262 e. The van der Waals surface area contributed by atoms with E-state index in [-0.39, 0.29) is 12.5 Å². The van der Waals surface area contributed by atoms with Crippen LogP contribution >= 0.6 is 0 Å². The van der Waals surface area contributed by atoms with Crippen LogP contribution in [0.25, 0.3) is 0 Å². The quantitative estimate of drug-likeness (QED) is 0.564. The first-order valence-corrected chi connectivity index (χ1v) is 5.79. The fourth-order valence-corrected chi connectivity index (χ4v) is 1.66. The van der Waals surface area contributed by atoms with Gasteiger partial charge in [0.1, 0.15) is 5.75 Å². The summed E-state index contributed by atoms with van der Waals surface area (Å²) >= 11 is 0. The third-order valence-corrected chi connectivity index (χ3v) is 2.59. The Bertz CT molecular complexity index is 505. The summed E-state index contributed by atoms with van der Waals surface area (Å²) in [4.78, 5) is 11.2. The highest BCUT2D eigenvalue weighted by atomic mass is 16.5. The topological polar surface area (TPSA) is 76.4 Å². The van der Waals surface area contributed by atoms with Gasteiger partial charge in [0.15, 0.2) is 6.61 Å². The van der Waals surface area contributed by atoms with Crippen molar-refractivity contribution in [1.29, 1.82) is 0 Å². The maximum Gasteiger partial charge on any atom is 0.262 e. The highest BCUT2D eigenvalue weighted by Crippen LogP contribution is 2.34. The molecule has 96 valence electrons. The number of ether oxygens (including phenoxy) is 1. The summed E-state index contributed by atoms with van der Waals surface area (Å²) in [7, 11) is 0. The van der Waals surface area contributed by atoms with Crippen LogP contribution in [-0.2, 0) is 4.79 Å².